The Hall–Kier alpha value is -0.610. The lowest BCUT2D eigenvalue weighted by atomic mass is 9.86. The smallest absolute Gasteiger partial charge is 0.0963 e. The molecule has 0 amide bonds. The highest BCUT2D eigenvalue weighted by Gasteiger charge is 2.28. The first-order chi connectivity index (χ1) is 9.49. The normalized spacial score (nSPS) is 26.0. The summed E-state index contributed by atoms with van der Waals surface area (Å²) in [6.45, 7) is 10.5. The van der Waals surface area contributed by atoms with Crippen LogP contribution in [0.2, 0.25) is 0 Å². The van der Waals surface area contributed by atoms with E-state index in [1.54, 1.807) is 0 Å². The molecule has 1 unspecified atom stereocenters. The molecule has 4 heteroatoms. The first-order valence-corrected chi connectivity index (χ1v) is 8.30. The first-order valence-electron chi connectivity index (χ1n) is 8.30. The van der Waals surface area contributed by atoms with Crippen LogP contribution in [0, 0.1) is 10.8 Å². The standard InChI is InChI=1S/C16H32N4/c1-16(2,15(17)18)8-6-9-19-12-7-14(13-19)20-10-4-3-5-11-20/h14H,3-13H2,1-2H3,(H3,17,18). The third kappa shape index (κ3) is 4.19. The number of nitrogens with zero attached hydrogens (tertiary/aromatic N) is 2. The van der Waals surface area contributed by atoms with Gasteiger partial charge in [0, 0.05) is 18.0 Å². The molecule has 2 aliphatic rings. The van der Waals surface area contributed by atoms with Gasteiger partial charge in [0.25, 0.3) is 0 Å². The molecule has 0 aliphatic carbocycles. The summed E-state index contributed by atoms with van der Waals surface area (Å²) in [4.78, 5) is 5.32. The SMILES string of the molecule is CC(C)(CCCN1CCC(N2CCCCC2)C1)C(=N)N. The molecule has 4 nitrogen and oxygen atoms in total. The fraction of sp³-hybridized carbons (Fsp3) is 0.938. The van der Waals surface area contributed by atoms with E-state index in [4.69, 9.17) is 11.1 Å². The second kappa shape index (κ2) is 6.90. The Morgan fingerprint density at radius 3 is 2.55 bits per heavy atom. The summed E-state index contributed by atoms with van der Waals surface area (Å²) in [5.74, 6) is 0.324. The molecule has 0 aromatic rings. The van der Waals surface area contributed by atoms with Crippen molar-refractivity contribution in [2.75, 3.05) is 32.7 Å². The first kappa shape index (κ1) is 15.8. The van der Waals surface area contributed by atoms with Crippen molar-refractivity contribution in [3.8, 4) is 0 Å². The van der Waals surface area contributed by atoms with E-state index in [0.29, 0.717) is 5.84 Å². The summed E-state index contributed by atoms with van der Waals surface area (Å²) in [5, 5.41) is 7.61. The number of piperidine rings is 1. The zero-order valence-electron chi connectivity index (χ0n) is 13.3. The van der Waals surface area contributed by atoms with Crippen molar-refractivity contribution in [2.45, 2.75) is 58.4 Å². The van der Waals surface area contributed by atoms with Gasteiger partial charge >= 0.3 is 0 Å². The molecule has 2 fully saturated rings. The molecule has 20 heavy (non-hydrogen) atoms. The van der Waals surface area contributed by atoms with Gasteiger partial charge in [0.2, 0.25) is 0 Å². The average molecular weight is 280 g/mol. The van der Waals surface area contributed by atoms with Crippen LogP contribution in [-0.2, 0) is 0 Å². The van der Waals surface area contributed by atoms with Gasteiger partial charge in [0.15, 0.2) is 0 Å². The van der Waals surface area contributed by atoms with E-state index in [9.17, 15) is 0 Å². The number of likely N-dealkylation sites (tertiary alicyclic amines) is 2. The van der Waals surface area contributed by atoms with Crippen molar-refractivity contribution in [2.24, 2.45) is 11.1 Å². The molecule has 3 N–H and O–H groups in total. The molecular weight excluding hydrogens is 248 g/mol. The van der Waals surface area contributed by atoms with Crippen LogP contribution in [-0.4, -0.2) is 54.4 Å². The predicted molar refractivity (Wildman–Crippen MR) is 85.2 cm³/mol. The van der Waals surface area contributed by atoms with Crippen LogP contribution in [0.4, 0.5) is 0 Å². The Morgan fingerprint density at radius 1 is 1.20 bits per heavy atom. The summed E-state index contributed by atoms with van der Waals surface area (Å²) in [5.41, 5.74) is 5.51. The van der Waals surface area contributed by atoms with Gasteiger partial charge in [-0.2, -0.15) is 0 Å². The zero-order chi connectivity index (χ0) is 14.6. The van der Waals surface area contributed by atoms with Gasteiger partial charge < -0.3 is 10.6 Å². The van der Waals surface area contributed by atoms with Gasteiger partial charge in [-0.3, -0.25) is 10.3 Å². The second-order valence-electron chi connectivity index (χ2n) is 7.24. The average Bonchev–Trinajstić information content (AvgIpc) is 2.88. The largest absolute Gasteiger partial charge is 0.387 e. The molecule has 0 spiro atoms. The van der Waals surface area contributed by atoms with Crippen LogP contribution in [0.15, 0.2) is 0 Å². The van der Waals surface area contributed by atoms with Gasteiger partial charge in [-0.15, -0.1) is 0 Å². The zero-order valence-corrected chi connectivity index (χ0v) is 13.3. The number of hydrogen-bond acceptors (Lipinski definition) is 3. The van der Waals surface area contributed by atoms with Gasteiger partial charge in [-0.05, 0) is 58.3 Å². The second-order valence-corrected chi connectivity index (χ2v) is 7.24. The lowest BCUT2D eigenvalue weighted by Crippen LogP contribution is -2.41. The topological polar surface area (TPSA) is 56.4 Å². The Bertz CT molecular complexity index is 320. The molecule has 116 valence electrons. The van der Waals surface area contributed by atoms with Crippen LogP contribution < -0.4 is 5.73 Å². The van der Waals surface area contributed by atoms with Gasteiger partial charge in [-0.25, -0.2) is 0 Å². The van der Waals surface area contributed by atoms with Crippen LogP contribution in [0.5, 0.6) is 0 Å². The van der Waals surface area contributed by atoms with Gasteiger partial charge in [0.05, 0.1) is 5.84 Å². The third-order valence-corrected chi connectivity index (χ3v) is 5.16. The minimum atomic E-state index is -0.133. The van der Waals surface area contributed by atoms with E-state index in [2.05, 4.69) is 23.6 Å². The van der Waals surface area contributed by atoms with Gasteiger partial charge in [-0.1, -0.05) is 20.3 Å². The van der Waals surface area contributed by atoms with Crippen molar-refractivity contribution >= 4 is 5.84 Å². The minimum absolute atomic E-state index is 0.133. The molecule has 0 aromatic carbocycles. The lowest BCUT2D eigenvalue weighted by molar-refractivity contribution is 0.161. The number of nitrogens with one attached hydrogen (secondary N) is 1. The highest BCUT2D eigenvalue weighted by atomic mass is 15.3. The maximum atomic E-state index is 7.61. The summed E-state index contributed by atoms with van der Waals surface area (Å²) in [6.07, 6.45) is 7.72. The van der Waals surface area contributed by atoms with Crippen LogP contribution in [0.3, 0.4) is 0 Å². The number of amidine groups is 1. The molecule has 2 aliphatic heterocycles. The van der Waals surface area contributed by atoms with E-state index in [1.807, 2.05) is 0 Å². The fourth-order valence-electron chi connectivity index (χ4n) is 3.48. The molecule has 0 bridgehead atoms. The van der Waals surface area contributed by atoms with Crippen LogP contribution in [0.1, 0.15) is 52.4 Å². The van der Waals surface area contributed by atoms with E-state index < -0.39 is 0 Å². The predicted octanol–water partition coefficient (Wildman–Crippen LogP) is 2.29. The van der Waals surface area contributed by atoms with Crippen molar-refractivity contribution < 1.29 is 0 Å². The van der Waals surface area contributed by atoms with E-state index in [1.165, 1.54) is 58.4 Å². The maximum Gasteiger partial charge on any atom is 0.0963 e. The molecule has 0 radical (unpaired) electrons. The number of hydrogen-bond donors (Lipinski definition) is 2. The fourth-order valence-corrected chi connectivity index (χ4v) is 3.48. The highest BCUT2D eigenvalue weighted by Crippen LogP contribution is 2.24. The van der Waals surface area contributed by atoms with Crippen molar-refractivity contribution in [1.29, 1.82) is 5.41 Å². The van der Waals surface area contributed by atoms with E-state index >= 15 is 0 Å². The highest BCUT2D eigenvalue weighted by molar-refractivity contribution is 5.82. The molecule has 2 rings (SSSR count). The third-order valence-electron chi connectivity index (χ3n) is 5.16. The summed E-state index contributed by atoms with van der Waals surface area (Å²) < 4.78 is 0. The Balaban J connectivity index is 1.67. The minimum Gasteiger partial charge on any atom is -0.387 e. The van der Waals surface area contributed by atoms with E-state index in [-0.39, 0.29) is 5.41 Å². The van der Waals surface area contributed by atoms with E-state index in [0.717, 1.165) is 18.9 Å². The van der Waals surface area contributed by atoms with Crippen molar-refractivity contribution in [3.05, 3.63) is 0 Å². The lowest BCUT2D eigenvalue weighted by Gasteiger charge is -2.32. The summed E-state index contributed by atoms with van der Waals surface area (Å²) >= 11 is 0. The van der Waals surface area contributed by atoms with Crippen LogP contribution >= 0.6 is 0 Å². The molecule has 2 saturated heterocycles. The Kier molecular flexibility index (Phi) is 5.44. The maximum absolute atomic E-state index is 7.61. The molecular formula is C16H32N4. The molecule has 1 atom stereocenters. The molecule has 2 heterocycles. The molecule has 0 aromatic heterocycles. The summed E-state index contributed by atoms with van der Waals surface area (Å²) in [6, 6.07) is 0.802. The van der Waals surface area contributed by atoms with Crippen molar-refractivity contribution in [1.82, 2.24) is 9.80 Å². The number of rotatable bonds is 6. The monoisotopic (exact) mass is 280 g/mol. The van der Waals surface area contributed by atoms with Crippen molar-refractivity contribution in [3.63, 3.8) is 0 Å². The Labute approximate surface area is 124 Å². The number of nitrogens with two attached hydrogens (primary N) is 1. The molecule has 0 saturated carbocycles. The quantitative estimate of drug-likeness (QED) is 0.580. The Morgan fingerprint density at radius 2 is 1.90 bits per heavy atom. The van der Waals surface area contributed by atoms with Gasteiger partial charge in [0.1, 0.15) is 0 Å². The van der Waals surface area contributed by atoms with Crippen LogP contribution in [0.25, 0.3) is 0 Å². The summed E-state index contributed by atoms with van der Waals surface area (Å²) in [7, 11) is 0.